The van der Waals surface area contributed by atoms with Crippen molar-refractivity contribution in [2.75, 3.05) is 26.8 Å². The third-order valence-electron chi connectivity index (χ3n) is 4.97. The average molecular weight is 387 g/mol. The van der Waals surface area contributed by atoms with Crippen LogP contribution < -0.4 is 5.32 Å². The zero-order chi connectivity index (χ0) is 19.1. The molecule has 2 aromatic rings. The van der Waals surface area contributed by atoms with Crippen LogP contribution in [0.25, 0.3) is 0 Å². The van der Waals surface area contributed by atoms with Crippen molar-refractivity contribution in [3.63, 3.8) is 0 Å². The van der Waals surface area contributed by atoms with Gasteiger partial charge in [0, 0.05) is 25.1 Å². The Morgan fingerprint density at radius 3 is 2.70 bits per heavy atom. The highest BCUT2D eigenvalue weighted by atomic mass is 32.1. The van der Waals surface area contributed by atoms with E-state index in [4.69, 9.17) is 4.74 Å². The van der Waals surface area contributed by atoms with Crippen LogP contribution in [-0.2, 0) is 20.7 Å². The van der Waals surface area contributed by atoms with Gasteiger partial charge in [-0.2, -0.15) is 0 Å². The van der Waals surface area contributed by atoms with Gasteiger partial charge in [0.25, 0.3) is 0 Å². The summed E-state index contributed by atoms with van der Waals surface area (Å²) >= 11 is 1.59. The summed E-state index contributed by atoms with van der Waals surface area (Å²) in [6.45, 7) is 1.45. The van der Waals surface area contributed by atoms with E-state index in [0.29, 0.717) is 26.1 Å². The van der Waals surface area contributed by atoms with Gasteiger partial charge in [0.1, 0.15) is 0 Å². The fourth-order valence-corrected chi connectivity index (χ4v) is 4.26. The molecule has 1 fully saturated rings. The molecule has 27 heavy (non-hydrogen) atoms. The largest absolute Gasteiger partial charge is 0.383 e. The molecular formula is C21H26N2O3S. The van der Waals surface area contributed by atoms with Gasteiger partial charge in [0.15, 0.2) is 0 Å². The highest BCUT2D eigenvalue weighted by Gasteiger charge is 2.35. The average Bonchev–Trinajstić information content (AvgIpc) is 3.21. The van der Waals surface area contributed by atoms with Gasteiger partial charge in [-0.1, -0.05) is 36.4 Å². The Bertz CT molecular complexity index is 733. The first-order valence-corrected chi connectivity index (χ1v) is 10.2. The second-order valence-electron chi connectivity index (χ2n) is 6.79. The van der Waals surface area contributed by atoms with Gasteiger partial charge in [0.2, 0.25) is 11.8 Å². The van der Waals surface area contributed by atoms with E-state index in [0.717, 1.165) is 23.3 Å². The molecule has 0 bridgehead atoms. The first-order valence-electron chi connectivity index (χ1n) is 9.32. The number of thiophene rings is 1. The Morgan fingerprint density at radius 1 is 1.19 bits per heavy atom. The Kier molecular flexibility index (Phi) is 7.01. The van der Waals surface area contributed by atoms with Gasteiger partial charge < -0.3 is 15.0 Å². The summed E-state index contributed by atoms with van der Waals surface area (Å²) in [5.74, 6) is -0.0812. The molecule has 6 heteroatoms. The number of carbonyl (C=O) groups excluding carboxylic acids is 2. The topological polar surface area (TPSA) is 58.6 Å². The Morgan fingerprint density at radius 2 is 2.00 bits per heavy atom. The summed E-state index contributed by atoms with van der Waals surface area (Å²) in [7, 11) is 1.61. The molecule has 0 unspecified atom stereocenters. The standard InChI is InChI=1S/C21H26N2O3S/c1-26-12-11-22-21(25)17-9-10-19(16-6-3-2-4-7-16)23(15-17)20(24)14-18-8-5-13-27-18/h2-8,13,17,19H,9-12,14-15H2,1H3,(H,22,25)/t17-,19+/m1/s1. The molecule has 1 N–H and O–H groups in total. The molecule has 144 valence electrons. The molecule has 0 aliphatic carbocycles. The molecule has 0 spiro atoms. The van der Waals surface area contributed by atoms with Gasteiger partial charge in [-0.15, -0.1) is 11.3 Å². The van der Waals surface area contributed by atoms with E-state index in [1.54, 1.807) is 18.4 Å². The van der Waals surface area contributed by atoms with E-state index < -0.39 is 0 Å². The molecule has 0 radical (unpaired) electrons. The van der Waals surface area contributed by atoms with Crippen molar-refractivity contribution in [3.8, 4) is 0 Å². The van der Waals surface area contributed by atoms with E-state index in [-0.39, 0.29) is 23.8 Å². The van der Waals surface area contributed by atoms with Crippen LogP contribution in [0, 0.1) is 5.92 Å². The van der Waals surface area contributed by atoms with E-state index in [2.05, 4.69) is 17.4 Å². The van der Waals surface area contributed by atoms with Crippen LogP contribution >= 0.6 is 11.3 Å². The minimum absolute atomic E-state index is 0.00693. The highest BCUT2D eigenvalue weighted by Crippen LogP contribution is 2.34. The predicted octanol–water partition coefficient (Wildman–Crippen LogP) is 3.03. The molecule has 2 heterocycles. The number of rotatable bonds is 7. The summed E-state index contributed by atoms with van der Waals surface area (Å²) in [5, 5.41) is 4.90. The van der Waals surface area contributed by atoms with Gasteiger partial charge >= 0.3 is 0 Å². The lowest BCUT2D eigenvalue weighted by Gasteiger charge is -2.39. The van der Waals surface area contributed by atoms with Crippen LogP contribution in [0.3, 0.4) is 0 Å². The second kappa shape index (κ2) is 9.67. The van der Waals surface area contributed by atoms with Crippen molar-refractivity contribution in [3.05, 3.63) is 58.3 Å². The molecule has 1 aromatic heterocycles. The first-order chi connectivity index (χ1) is 13.2. The quantitative estimate of drug-likeness (QED) is 0.744. The fraction of sp³-hybridized carbons (Fsp3) is 0.429. The molecule has 1 aliphatic heterocycles. The van der Waals surface area contributed by atoms with Crippen LogP contribution in [0.4, 0.5) is 0 Å². The maximum absolute atomic E-state index is 13.1. The SMILES string of the molecule is COCCNC(=O)[C@@H]1CC[C@@H](c2ccccc2)N(C(=O)Cc2cccs2)C1. The van der Waals surface area contributed by atoms with Crippen LogP contribution in [0.1, 0.15) is 29.3 Å². The van der Waals surface area contributed by atoms with E-state index in [9.17, 15) is 9.59 Å². The van der Waals surface area contributed by atoms with E-state index in [1.165, 1.54) is 0 Å². The number of likely N-dealkylation sites (tertiary alicyclic amines) is 1. The van der Waals surface area contributed by atoms with Crippen molar-refractivity contribution >= 4 is 23.2 Å². The van der Waals surface area contributed by atoms with Crippen molar-refractivity contribution in [2.24, 2.45) is 5.92 Å². The Balaban J connectivity index is 1.73. The summed E-state index contributed by atoms with van der Waals surface area (Å²) in [6.07, 6.45) is 1.96. The third-order valence-corrected chi connectivity index (χ3v) is 5.84. The summed E-state index contributed by atoms with van der Waals surface area (Å²) < 4.78 is 4.99. The Labute approximate surface area is 164 Å². The van der Waals surface area contributed by atoms with E-state index >= 15 is 0 Å². The van der Waals surface area contributed by atoms with Crippen LogP contribution in [0.2, 0.25) is 0 Å². The van der Waals surface area contributed by atoms with Crippen molar-refractivity contribution in [1.29, 1.82) is 0 Å². The van der Waals surface area contributed by atoms with Crippen molar-refractivity contribution in [1.82, 2.24) is 10.2 Å². The number of nitrogens with zero attached hydrogens (tertiary/aromatic N) is 1. The number of hydrogen-bond acceptors (Lipinski definition) is 4. The second-order valence-corrected chi connectivity index (χ2v) is 7.82. The minimum Gasteiger partial charge on any atom is -0.383 e. The molecular weight excluding hydrogens is 360 g/mol. The first kappa shape index (κ1) is 19.6. The number of methoxy groups -OCH3 is 1. The normalized spacial score (nSPS) is 19.7. The third kappa shape index (κ3) is 5.17. The number of piperidine rings is 1. The van der Waals surface area contributed by atoms with Crippen molar-refractivity contribution in [2.45, 2.75) is 25.3 Å². The van der Waals surface area contributed by atoms with E-state index in [1.807, 2.05) is 40.6 Å². The monoisotopic (exact) mass is 386 g/mol. The molecule has 2 amide bonds. The van der Waals surface area contributed by atoms with Gasteiger partial charge in [-0.3, -0.25) is 9.59 Å². The lowest BCUT2D eigenvalue weighted by molar-refractivity contribution is -0.138. The summed E-state index contributed by atoms with van der Waals surface area (Å²) in [5.41, 5.74) is 1.13. The predicted molar refractivity (Wildman–Crippen MR) is 107 cm³/mol. The molecule has 2 atom stereocenters. The molecule has 1 aliphatic rings. The lowest BCUT2D eigenvalue weighted by atomic mass is 9.88. The van der Waals surface area contributed by atoms with Crippen molar-refractivity contribution < 1.29 is 14.3 Å². The Hall–Kier alpha value is -2.18. The zero-order valence-corrected chi connectivity index (χ0v) is 16.4. The number of carbonyl (C=O) groups is 2. The number of benzene rings is 1. The highest BCUT2D eigenvalue weighted by molar-refractivity contribution is 7.10. The number of amides is 2. The maximum Gasteiger partial charge on any atom is 0.228 e. The molecule has 5 nitrogen and oxygen atoms in total. The fourth-order valence-electron chi connectivity index (χ4n) is 3.57. The lowest BCUT2D eigenvalue weighted by Crippen LogP contribution is -2.47. The van der Waals surface area contributed by atoms with Gasteiger partial charge in [-0.25, -0.2) is 0 Å². The number of hydrogen-bond donors (Lipinski definition) is 1. The molecule has 1 saturated heterocycles. The van der Waals surface area contributed by atoms with Gasteiger partial charge in [-0.05, 0) is 29.9 Å². The van der Waals surface area contributed by atoms with Crippen LogP contribution in [0.5, 0.6) is 0 Å². The molecule has 0 saturated carbocycles. The maximum atomic E-state index is 13.1. The van der Waals surface area contributed by atoms with Gasteiger partial charge in [0.05, 0.1) is 25.0 Å². The summed E-state index contributed by atoms with van der Waals surface area (Å²) in [6, 6.07) is 14.1. The number of ether oxygens (including phenoxy) is 1. The van der Waals surface area contributed by atoms with Crippen LogP contribution in [-0.4, -0.2) is 43.5 Å². The smallest absolute Gasteiger partial charge is 0.228 e. The molecule has 1 aromatic carbocycles. The summed E-state index contributed by atoms with van der Waals surface area (Å²) in [4.78, 5) is 28.5. The number of nitrogens with one attached hydrogen (secondary N) is 1. The van der Waals surface area contributed by atoms with Crippen LogP contribution in [0.15, 0.2) is 47.8 Å². The molecule has 3 rings (SSSR count). The minimum atomic E-state index is -0.172. The zero-order valence-electron chi connectivity index (χ0n) is 15.6.